The van der Waals surface area contributed by atoms with E-state index < -0.39 is 0 Å². The first-order valence-corrected chi connectivity index (χ1v) is 6.07. The summed E-state index contributed by atoms with van der Waals surface area (Å²) in [6.45, 7) is 0. The molecule has 0 unspecified atom stereocenters. The van der Waals surface area contributed by atoms with Crippen LogP contribution in [0.5, 0.6) is 0 Å². The van der Waals surface area contributed by atoms with Crippen LogP contribution in [0.2, 0.25) is 0 Å². The first kappa shape index (κ1) is 9.97. The van der Waals surface area contributed by atoms with Gasteiger partial charge in [0.15, 0.2) is 0 Å². The highest BCUT2D eigenvalue weighted by Gasteiger charge is 2.09. The van der Waals surface area contributed by atoms with E-state index in [4.69, 9.17) is 16.9 Å². The Morgan fingerprint density at radius 2 is 2.29 bits per heavy atom. The highest BCUT2D eigenvalue weighted by atomic mass is 79.9. The number of benzene rings is 1. The quantitative estimate of drug-likeness (QED) is 0.718. The van der Waals surface area contributed by atoms with Gasteiger partial charge in [0.05, 0.1) is 4.47 Å². The molecular formula is C10H5BrClNS. The van der Waals surface area contributed by atoms with Crippen molar-refractivity contribution in [2.75, 3.05) is 0 Å². The van der Waals surface area contributed by atoms with E-state index >= 15 is 0 Å². The maximum Gasteiger partial charge on any atom is 0.120 e. The predicted molar refractivity (Wildman–Crippen MR) is 63.8 cm³/mol. The molecular weight excluding hydrogens is 282 g/mol. The zero-order valence-electron chi connectivity index (χ0n) is 7.05. The molecule has 1 nitrogen and oxygen atoms in total. The number of fused-ring (bicyclic) bond motifs is 1. The van der Waals surface area contributed by atoms with Crippen LogP contribution >= 0.6 is 38.9 Å². The van der Waals surface area contributed by atoms with Crippen LogP contribution in [0.15, 0.2) is 22.7 Å². The zero-order valence-corrected chi connectivity index (χ0v) is 10.2. The van der Waals surface area contributed by atoms with Gasteiger partial charge in [-0.05, 0) is 33.6 Å². The van der Waals surface area contributed by atoms with Gasteiger partial charge in [-0.25, -0.2) is 0 Å². The molecule has 0 saturated heterocycles. The SMILES string of the molecule is N#Cc1sc2ccc(CCl)cc2c1Br. The Morgan fingerprint density at radius 1 is 1.50 bits per heavy atom. The van der Waals surface area contributed by atoms with Crippen molar-refractivity contribution in [3.05, 3.63) is 33.1 Å². The third-order valence-corrected chi connectivity index (χ3v) is 4.42. The Hall–Kier alpha value is -0.560. The maximum absolute atomic E-state index is 8.85. The highest BCUT2D eigenvalue weighted by Crippen LogP contribution is 2.35. The van der Waals surface area contributed by atoms with Gasteiger partial charge in [-0.15, -0.1) is 22.9 Å². The lowest BCUT2D eigenvalue weighted by molar-refractivity contribution is 1.43. The minimum atomic E-state index is 0.500. The number of alkyl halides is 1. The van der Waals surface area contributed by atoms with Gasteiger partial charge in [0.1, 0.15) is 10.9 Å². The van der Waals surface area contributed by atoms with Crippen LogP contribution in [0.3, 0.4) is 0 Å². The van der Waals surface area contributed by atoms with Crippen LogP contribution in [-0.4, -0.2) is 0 Å². The molecule has 0 radical (unpaired) electrons. The number of halogens is 2. The highest BCUT2D eigenvalue weighted by molar-refractivity contribution is 9.10. The molecule has 4 heteroatoms. The second kappa shape index (κ2) is 3.90. The summed E-state index contributed by atoms with van der Waals surface area (Å²) >= 11 is 10.7. The third-order valence-electron chi connectivity index (χ3n) is 1.95. The minimum Gasteiger partial charge on any atom is -0.191 e. The monoisotopic (exact) mass is 285 g/mol. The molecule has 0 fully saturated rings. The number of nitriles is 1. The lowest BCUT2D eigenvalue weighted by atomic mass is 10.2. The van der Waals surface area contributed by atoms with E-state index in [-0.39, 0.29) is 0 Å². The summed E-state index contributed by atoms with van der Waals surface area (Å²) in [5.41, 5.74) is 1.07. The van der Waals surface area contributed by atoms with Gasteiger partial charge >= 0.3 is 0 Å². The van der Waals surface area contributed by atoms with Crippen LogP contribution < -0.4 is 0 Å². The Bertz CT molecular complexity index is 527. The number of rotatable bonds is 1. The normalized spacial score (nSPS) is 10.4. The van der Waals surface area contributed by atoms with Gasteiger partial charge < -0.3 is 0 Å². The van der Waals surface area contributed by atoms with Crippen molar-refractivity contribution >= 4 is 49.0 Å². The largest absolute Gasteiger partial charge is 0.191 e. The molecule has 0 amide bonds. The zero-order chi connectivity index (χ0) is 10.1. The summed E-state index contributed by atoms with van der Waals surface area (Å²) in [7, 11) is 0. The van der Waals surface area contributed by atoms with Crippen LogP contribution in [0.25, 0.3) is 10.1 Å². The minimum absolute atomic E-state index is 0.500. The number of hydrogen-bond acceptors (Lipinski definition) is 2. The lowest BCUT2D eigenvalue weighted by Gasteiger charge is -1.95. The van der Waals surface area contributed by atoms with E-state index in [1.165, 1.54) is 11.3 Å². The molecule has 0 aliphatic rings. The second-order valence-electron chi connectivity index (χ2n) is 2.82. The topological polar surface area (TPSA) is 23.8 Å². The molecule has 1 aromatic carbocycles. The molecule has 0 aliphatic carbocycles. The van der Waals surface area contributed by atoms with Crippen molar-refractivity contribution in [1.82, 2.24) is 0 Å². The average Bonchev–Trinajstić information content (AvgIpc) is 2.55. The third kappa shape index (κ3) is 1.54. The summed E-state index contributed by atoms with van der Waals surface area (Å²) in [5.74, 6) is 0.500. The fraction of sp³-hybridized carbons (Fsp3) is 0.100. The van der Waals surface area contributed by atoms with E-state index in [0.717, 1.165) is 20.1 Å². The summed E-state index contributed by atoms with van der Waals surface area (Å²) in [4.78, 5) is 0.715. The molecule has 0 aliphatic heterocycles. The molecule has 2 rings (SSSR count). The van der Waals surface area contributed by atoms with Gasteiger partial charge in [0.25, 0.3) is 0 Å². The van der Waals surface area contributed by atoms with E-state index in [2.05, 4.69) is 22.0 Å². The van der Waals surface area contributed by atoms with Crippen molar-refractivity contribution < 1.29 is 0 Å². The van der Waals surface area contributed by atoms with Crippen molar-refractivity contribution in [2.24, 2.45) is 0 Å². The molecule has 2 aromatic rings. The summed E-state index contributed by atoms with van der Waals surface area (Å²) < 4.78 is 1.99. The Morgan fingerprint density at radius 3 is 2.93 bits per heavy atom. The van der Waals surface area contributed by atoms with Gasteiger partial charge in [-0.1, -0.05) is 6.07 Å². The van der Waals surface area contributed by atoms with Crippen LogP contribution in [0.4, 0.5) is 0 Å². The van der Waals surface area contributed by atoms with E-state index in [1.807, 2.05) is 18.2 Å². The van der Waals surface area contributed by atoms with Crippen LogP contribution in [0.1, 0.15) is 10.4 Å². The van der Waals surface area contributed by atoms with Crippen molar-refractivity contribution in [3.63, 3.8) is 0 Å². The summed E-state index contributed by atoms with van der Waals surface area (Å²) in [6, 6.07) is 8.17. The van der Waals surface area contributed by atoms with Gasteiger partial charge in [-0.3, -0.25) is 0 Å². The fourth-order valence-electron chi connectivity index (χ4n) is 1.27. The average molecular weight is 287 g/mol. The number of thiophene rings is 1. The van der Waals surface area contributed by atoms with Crippen molar-refractivity contribution in [1.29, 1.82) is 5.26 Å². The fourth-order valence-corrected chi connectivity index (χ4v) is 3.10. The summed E-state index contributed by atoms with van der Waals surface area (Å²) in [5, 5.41) is 9.92. The second-order valence-corrected chi connectivity index (χ2v) is 4.93. The molecule has 0 spiro atoms. The maximum atomic E-state index is 8.85. The van der Waals surface area contributed by atoms with E-state index in [0.29, 0.717) is 10.8 Å². The Kier molecular flexibility index (Phi) is 2.78. The van der Waals surface area contributed by atoms with Gasteiger partial charge in [0, 0.05) is 16.0 Å². The van der Waals surface area contributed by atoms with Crippen molar-refractivity contribution in [2.45, 2.75) is 5.88 Å². The van der Waals surface area contributed by atoms with E-state index in [1.54, 1.807) is 0 Å². The number of nitrogens with zero attached hydrogens (tertiary/aromatic N) is 1. The molecule has 1 aromatic heterocycles. The lowest BCUT2D eigenvalue weighted by Crippen LogP contribution is -1.75. The first-order valence-electron chi connectivity index (χ1n) is 3.93. The molecule has 70 valence electrons. The Balaban J connectivity index is 2.76. The van der Waals surface area contributed by atoms with Crippen molar-refractivity contribution in [3.8, 4) is 6.07 Å². The Labute approximate surface area is 99.0 Å². The van der Waals surface area contributed by atoms with Crippen LogP contribution in [0, 0.1) is 11.3 Å². The van der Waals surface area contributed by atoms with Crippen LogP contribution in [-0.2, 0) is 5.88 Å². The van der Waals surface area contributed by atoms with Gasteiger partial charge in [-0.2, -0.15) is 5.26 Å². The smallest absolute Gasteiger partial charge is 0.120 e. The molecule has 14 heavy (non-hydrogen) atoms. The number of hydrogen-bond donors (Lipinski definition) is 0. The molecule has 1 heterocycles. The molecule has 0 atom stereocenters. The molecule has 0 bridgehead atoms. The standard InChI is InChI=1S/C10H5BrClNS/c11-10-7-3-6(4-12)1-2-8(7)14-9(10)5-13/h1-3H,4H2. The first-order chi connectivity index (χ1) is 6.76. The molecule has 0 saturated carbocycles. The predicted octanol–water partition coefficient (Wildman–Crippen LogP) is 4.27. The summed E-state index contributed by atoms with van der Waals surface area (Å²) in [6.07, 6.45) is 0. The van der Waals surface area contributed by atoms with Gasteiger partial charge in [0.2, 0.25) is 0 Å². The molecule has 0 N–H and O–H groups in total. The van der Waals surface area contributed by atoms with E-state index in [9.17, 15) is 0 Å².